The molecule has 2 heterocycles. The van der Waals surface area contributed by atoms with Gasteiger partial charge in [0.1, 0.15) is 11.4 Å². The first-order valence-corrected chi connectivity index (χ1v) is 9.58. The predicted molar refractivity (Wildman–Crippen MR) is 101 cm³/mol. The Morgan fingerprint density at radius 1 is 1.00 bits per heavy atom. The van der Waals surface area contributed by atoms with Crippen LogP contribution in [0.3, 0.4) is 0 Å². The van der Waals surface area contributed by atoms with Crippen molar-refractivity contribution < 1.29 is 14.2 Å². The summed E-state index contributed by atoms with van der Waals surface area (Å²) in [5.41, 5.74) is 3.60. The molecule has 0 amide bonds. The molecule has 0 aromatic heterocycles. The highest BCUT2D eigenvalue weighted by Gasteiger charge is 2.48. The van der Waals surface area contributed by atoms with E-state index in [0.717, 1.165) is 29.4 Å². The van der Waals surface area contributed by atoms with Crippen molar-refractivity contribution in [3.8, 4) is 17.2 Å². The highest BCUT2D eigenvalue weighted by Crippen LogP contribution is 2.56. The quantitative estimate of drug-likeness (QED) is 0.833. The van der Waals surface area contributed by atoms with Crippen molar-refractivity contribution in [2.24, 2.45) is 5.92 Å². The predicted octanol–water partition coefficient (Wildman–Crippen LogP) is 4.93. The molecule has 1 N–H and O–H groups in total. The van der Waals surface area contributed by atoms with Crippen LogP contribution in [0.4, 0.5) is 5.69 Å². The molecule has 1 aliphatic carbocycles. The average Bonchev–Trinajstić information content (AvgIpc) is 3.11. The maximum atomic E-state index is 6.60. The maximum absolute atomic E-state index is 6.60. The molecule has 5 rings (SSSR count). The lowest BCUT2D eigenvalue weighted by Gasteiger charge is -2.49. The molecule has 3 unspecified atom stereocenters. The monoisotopic (exact) mass is 351 g/mol. The van der Waals surface area contributed by atoms with Crippen molar-refractivity contribution in [2.75, 3.05) is 19.2 Å². The number of hydrogen-bond acceptors (Lipinski definition) is 4. The lowest BCUT2D eigenvalue weighted by Crippen LogP contribution is -2.49. The molecule has 2 aromatic rings. The molecule has 4 heteroatoms. The lowest BCUT2D eigenvalue weighted by atomic mass is 9.64. The van der Waals surface area contributed by atoms with Gasteiger partial charge in [-0.1, -0.05) is 18.6 Å². The highest BCUT2D eigenvalue weighted by molar-refractivity contribution is 5.57. The summed E-state index contributed by atoms with van der Waals surface area (Å²) >= 11 is 0. The second-order valence-electron chi connectivity index (χ2n) is 7.86. The maximum Gasteiger partial charge on any atom is 0.231 e. The number of anilines is 1. The van der Waals surface area contributed by atoms with E-state index in [1.54, 1.807) is 0 Å². The molecule has 26 heavy (non-hydrogen) atoms. The summed E-state index contributed by atoms with van der Waals surface area (Å²) in [6.07, 6.45) is 4.81. The summed E-state index contributed by atoms with van der Waals surface area (Å²) in [7, 11) is 1.96. The molecule has 0 radical (unpaired) electrons. The van der Waals surface area contributed by atoms with E-state index >= 15 is 0 Å². The first-order chi connectivity index (χ1) is 12.7. The van der Waals surface area contributed by atoms with Gasteiger partial charge in [-0.05, 0) is 49.9 Å². The Kier molecular flexibility index (Phi) is 3.56. The van der Waals surface area contributed by atoms with Gasteiger partial charge in [-0.3, -0.25) is 0 Å². The van der Waals surface area contributed by atoms with Gasteiger partial charge >= 0.3 is 0 Å². The smallest absolute Gasteiger partial charge is 0.231 e. The molecule has 2 aliphatic heterocycles. The Morgan fingerprint density at radius 2 is 1.77 bits per heavy atom. The van der Waals surface area contributed by atoms with Gasteiger partial charge in [-0.15, -0.1) is 0 Å². The summed E-state index contributed by atoms with van der Waals surface area (Å²) in [5, 5.41) is 3.21. The molecule has 0 spiro atoms. The van der Waals surface area contributed by atoms with Crippen LogP contribution in [-0.4, -0.2) is 19.4 Å². The molecule has 2 aromatic carbocycles. The van der Waals surface area contributed by atoms with Crippen LogP contribution < -0.4 is 19.5 Å². The Hall–Kier alpha value is -2.36. The molecule has 1 saturated carbocycles. The minimum absolute atomic E-state index is 0.120. The Morgan fingerprint density at radius 3 is 2.54 bits per heavy atom. The Balaban J connectivity index is 1.67. The van der Waals surface area contributed by atoms with E-state index in [2.05, 4.69) is 42.6 Å². The van der Waals surface area contributed by atoms with Crippen molar-refractivity contribution in [3.05, 3.63) is 47.5 Å². The van der Waals surface area contributed by atoms with Crippen LogP contribution in [0.1, 0.15) is 49.7 Å². The van der Waals surface area contributed by atoms with Gasteiger partial charge in [0.05, 0.1) is 0 Å². The van der Waals surface area contributed by atoms with Gasteiger partial charge in [-0.25, -0.2) is 0 Å². The summed E-state index contributed by atoms with van der Waals surface area (Å²) in [4.78, 5) is 0. The summed E-state index contributed by atoms with van der Waals surface area (Å²) < 4.78 is 17.9. The van der Waals surface area contributed by atoms with E-state index in [9.17, 15) is 0 Å². The number of benzene rings is 2. The van der Waals surface area contributed by atoms with Crippen molar-refractivity contribution >= 4 is 5.69 Å². The van der Waals surface area contributed by atoms with Crippen LogP contribution in [0.5, 0.6) is 17.2 Å². The molecule has 4 nitrogen and oxygen atoms in total. The van der Waals surface area contributed by atoms with Crippen LogP contribution in [0, 0.1) is 5.92 Å². The number of rotatable bonds is 2. The van der Waals surface area contributed by atoms with Crippen molar-refractivity contribution in [1.82, 2.24) is 0 Å². The van der Waals surface area contributed by atoms with E-state index in [4.69, 9.17) is 14.2 Å². The molecule has 3 aliphatic rings. The van der Waals surface area contributed by atoms with E-state index < -0.39 is 0 Å². The summed E-state index contributed by atoms with van der Waals surface area (Å²) in [5.74, 6) is 3.39. The average molecular weight is 351 g/mol. The van der Waals surface area contributed by atoms with E-state index in [1.165, 1.54) is 30.4 Å². The first-order valence-electron chi connectivity index (χ1n) is 9.58. The van der Waals surface area contributed by atoms with Crippen molar-refractivity contribution in [2.45, 2.75) is 44.1 Å². The van der Waals surface area contributed by atoms with E-state index in [1.807, 2.05) is 13.1 Å². The van der Waals surface area contributed by atoms with Gasteiger partial charge < -0.3 is 19.5 Å². The van der Waals surface area contributed by atoms with Crippen LogP contribution in [0.15, 0.2) is 36.4 Å². The summed E-state index contributed by atoms with van der Waals surface area (Å²) in [6, 6.07) is 13.0. The van der Waals surface area contributed by atoms with Crippen LogP contribution in [0.2, 0.25) is 0 Å². The van der Waals surface area contributed by atoms with Crippen molar-refractivity contribution in [1.29, 1.82) is 0 Å². The zero-order valence-corrected chi connectivity index (χ0v) is 15.4. The van der Waals surface area contributed by atoms with Crippen LogP contribution in [0.25, 0.3) is 0 Å². The summed E-state index contributed by atoms with van der Waals surface area (Å²) in [6.45, 7) is 2.58. The normalized spacial score (nSPS) is 28.7. The first kappa shape index (κ1) is 15.9. The number of fused-ring (bicyclic) bond motifs is 3. The molecular weight excluding hydrogens is 326 g/mol. The van der Waals surface area contributed by atoms with Gasteiger partial charge in [-0.2, -0.15) is 0 Å². The fourth-order valence-electron chi connectivity index (χ4n) is 4.98. The lowest BCUT2D eigenvalue weighted by molar-refractivity contribution is -0.0303. The zero-order chi connectivity index (χ0) is 17.7. The second kappa shape index (κ2) is 5.83. The van der Waals surface area contributed by atoms with Gasteiger partial charge in [0, 0.05) is 36.2 Å². The zero-order valence-electron chi connectivity index (χ0n) is 15.4. The van der Waals surface area contributed by atoms with Crippen molar-refractivity contribution in [3.63, 3.8) is 0 Å². The molecule has 1 fully saturated rings. The highest BCUT2D eigenvalue weighted by atomic mass is 16.7. The van der Waals surface area contributed by atoms with E-state index in [-0.39, 0.29) is 5.60 Å². The molecule has 0 saturated heterocycles. The van der Waals surface area contributed by atoms with E-state index in [0.29, 0.717) is 18.6 Å². The van der Waals surface area contributed by atoms with Gasteiger partial charge in [0.15, 0.2) is 11.5 Å². The number of hydrogen-bond donors (Lipinski definition) is 1. The third-order valence-electron chi connectivity index (χ3n) is 6.37. The minimum Gasteiger partial charge on any atom is -0.487 e. The standard InChI is InChI=1S/C22H25NO3/c1-22-10-4-3-5-17(22)21(14-6-8-15(23-2)9-7-14)16-11-19-20(25-13-24-19)12-18(16)26-22/h6-9,11-12,17,21,23H,3-5,10,13H2,1-2H3. The molecule has 3 atom stereocenters. The fraction of sp³-hybridized carbons (Fsp3) is 0.455. The molecular formula is C22H25NO3. The van der Waals surface area contributed by atoms with Crippen LogP contribution in [-0.2, 0) is 0 Å². The van der Waals surface area contributed by atoms with Gasteiger partial charge in [0.25, 0.3) is 0 Å². The second-order valence-corrected chi connectivity index (χ2v) is 7.86. The SMILES string of the molecule is CNc1ccc(C2c3cc4c(cc3OC3(C)CCCCC23)OCO4)cc1. The minimum atomic E-state index is -0.120. The number of ether oxygens (including phenoxy) is 3. The topological polar surface area (TPSA) is 39.7 Å². The van der Waals surface area contributed by atoms with Gasteiger partial charge in [0.2, 0.25) is 6.79 Å². The fourth-order valence-corrected chi connectivity index (χ4v) is 4.98. The Labute approximate surface area is 154 Å². The largest absolute Gasteiger partial charge is 0.487 e. The Bertz CT molecular complexity index is 832. The van der Waals surface area contributed by atoms with Crippen LogP contribution >= 0.6 is 0 Å². The number of nitrogens with one attached hydrogen (secondary N) is 1. The molecule has 136 valence electrons. The third-order valence-corrected chi connectivity index (χ3v) is 6.37. The molecule has 0 bridgehead atoms. The third kappa shape index (κ3) is 2.35.